The van der Waals surface area contributed by atoms with E-state index in [2.05, 4.69) is 44.3 Å². The first kappa shape index (κ1) is 23.8. The Morgan fingerprint density at radius 2 is 1.89 bits per heavy atom. The average molecular weight is 517 g/mol. The number of hydrogen-bond donors (Lipinski definition) is 1. The zero-order valence-electron chi connectivity index (χ0n) is 23.2. The third-order valence-electron chi connectivity index (χ3n) is 12.2. The molecule has 4 bridgehead atoms. The molecule has 7 atom stereocenters. The van der Waals surface area contributed by atoms with Gasteiger partial charge in [-0.2, -0.15) is 0 Å². The molecule has 5 nitrogen and oxygen atoms in total. The molecule has 5 aliphatic carbocycles. The molecule has 2 aliphatic heterocycles. The van der Waals surface area contributed by atoms with Gasteiger partial charge in [0.05, 0.1) is 44.8 Å². The van der Waals surface area contributed by atoms with Gasteiger partial charge in [0.2, 0.25) is 0 Å². The molecule has 0 radical (unpaired) electrons. The number of fused-ring (bicyclic) bond motifs is 2. The van der Waals surface area contributed by atoms with Crippen LogP contribution in [-0.2, 0) is 27.9 Å². The van der Waals surface area contributed by atoms with Crippen LogP contribution in [0, 0.1) is 24.2 Å². The van der Waals surface area contributed by atoms with Gasteiger partial charge in [-0.1, -0.05) is 35.9 Å². The fourth-order valence-corrected chi connectivity index (χ4v) is 10.5. The van der Waals surface area contributed by atoms with Gasteiger partial charge in [0.25, 0.3) is 0 Å². The first-order valence-electron chi connectivity index (χ1n) is 14.9. The Morgan fingerprint density at radius 1 is 1.08 bits per heavy atom. The zero-order chi connectivity index (χ0) is 25.9. The van der Waals surface area contributed by atoms with Crippen LogP contribution < -0.4 is 4.74 Å². The molecule has 38 heavy (non-hydrogen) atoms. The van der Waals surface area contributed by atoms with Crippen LogP contribution in [0.5, 0.6) is 11.5 Å². The number of methoxy groups -OCH3 is 1. The smallest absolute Gasteiger partial charge is 0.165 e. The van der Waals surface area contributed by atoms with Crippen molar-refractivity contribution in [1.29, 1.82) is 0 Å². The number of likely N-dealkylation sites (N-methyl/N-ethyl adjacent to an activating group) is 1. The Balaban J connectivity index is 1.21. The summed E-state index contributed by atoms with van der Waals surface area (Å²) in [5.41, 5.74) is 4.96. The van der Waals surface area contributed by atoms with E-state index in [0.717, 1.165) is 37.4 Å². The quantitative estimate of drug-likeness (QED) is 0.509. The van der Waals surface area contributed by atoms with Crippen molar-refractivity contribution in [2.45, 2.75) is 81.6 Å². The van der Waals surface area contributed by atoms with Crippen LogP contribution in [0.15, 0.2) is 36.4 Å². The molecule has 2 aromatic rings. The van der Waals surface area contributed by atoms with E-state index in [1.807, 2.05) is 13.2 Å². The normalized spacial score (nSPS) is 41.6. The van der Waals surface area contributed by atoms with E-state index in [1.54, 1.807) is 0 Å². The van der Waals surface area contributed by atoms with Crippen LogP contribution >= 0.6 is 0 Å². The Kier molecular flexibility index (Phi) is 4.86. The second kappa shape index (κ2) is 7.77. The van der Waals surface area contributed by atoms with E-state index in [9.17, 15) is 5.11 Å². The highest BCUT2D eigenvalue weighted by molar-refractivity contribution is 5.62. The zero-order valence-corrected chi connectivity index (χ0v) is 23.2. The van der Waals surface area contributed by atoms with Gasteiger partial charge in [-0.05, 0) is 56.2 Å². The van der Waals surface area contributed by atoms with Crippen LogP contribution in [0.25, 0.3) is 0 Å². The molecule has 0 aromatic heterocycles. The topological polar surface area (TPSA) is 47.9 Å². The predicted molar refractivity (Wildman–Crippen MR) is 145 cm³/mol. The lowest BCUT2D eigenvalue weighted by Gasteiger charge is -2.74. The number of aryl methyl sites for hydroxylation is 1. The number of benzene rings is 2. The summed E-state index contributed by atoms with van der Waals surface area (Å²) in [6.45, 7) is 5.96. The summed E-state index contributed by atoms with van der Waals surface area (Å²) in [5.74, 6) is 2.24. The molecule has 0 amide bonds. The van der Waals surface area contributed by atoms with E-state index < -0.39 is 5.60 Å². The van der Waals surface area contributed by atoms with Crippen LogP contribution in [0.4, 0.5) is 0 Å². The summed E-state index contributed by atoms with van der Waals surface area (Å²) in [6.07, 6.45) is 8.30. The molecule has 1 saturated heterocycles. The lowest BCUT2D eigenvalue weighted by Crippen LogP contribution is -2.83. The third-order valence-corrected chi connectivity index (χ3v) is 12.2. The summed E-state index contributed by atoms with van der Waals surface area (Å²) in [5, 5.41) is 11.0. The standard InChI is InChI=1S/C33H41NO4/c1-21-4-6-23(7-5-21)19-37-20-25-17-31-12-13-33(25,36-3)30-32(31)14-15-34(2,18-22-8-9-22)27(31)16-24-10-11-26(35)29(38-30)28(24)32/h4-7,10-11,22,25,27,30H,8-9,12-20H2,1-3H3/p+1/t25-,27-,30-,31-,32+,33-,34?/m1/s1. The maximum absolute atomic E-state index is 11.0. The highest BCUT2D eigenvalue weighted by Gasteiger charge is 2.83. The van der Waals surface area contributed by atoms with Gasteiger partial charge in [0.15, 0.2) is 11.5 Å². The molecule has 1 N–H and O–H groups in total. The Hall–Kier alpha value is -2.08. The Bertz CT molecular complexity index is 1290. The van der Waals surface area contributed by atoms with E-state index >= 15 is 0 Å². The maximum atomic E-state index is 11.0. The van der Waals surface area contributed by atoms with Gasteiger partial charge < -0.3 is 23.8 Å². The second-order valence-corrected chi connectivity index (χ2v) is 13.9. The molecule has 202 valence electrons. The lowest BCUT2D eigenvalue weighted by molar-refractivity contribution is -0.952. The number of nitrogens with zero attached hydrogens (tertiary/aromatic N) is 1. The monoisotopic (exact) mass is 516 g/mol. The highest BCUT2D eigenvalue weighted by Crippen LogP contribution is 2.77. The molecular weight excluding hydrogens is 474 g/mol. The molecule has 7 aliphatic rings. The van der Waals surface area contributed by atoms with Gasteiger partial charge in [0, 0.05) is 42.8 Å². The van der Waals surface area contributed by atoms with Gasteiger partial charge in [-0.3, -0.25) is 0 Å². The minimum Gasteiger partial charge on any atom is -0.504 e. The minimum atomic E-state index is -0.392. The van der Waals surface area contributed by atoms with Gasteiger partial charge in [-0.15, -0.1) is 0 Å². The van der Waals surface area contributed by atoms with Gasteiger partial charge in [0.1, 0.15) is 11.7 Å². The molecule has 5 heteroatoms. The number of piperidine rings is 1. The van der Waals surface area contributed by atoms with Gasteiger partial charge >= 0.3 is 0 Å². The SMILES string of the molecule is CO[C@]12CC[C@@]3(C[C@@H]1COCc1ccc(C)cc1)[C@H]1Cc4ccc(O)c5c4[C@@]3(CC[N+]1(C)CC1CC1)[C@H]2O5. The minimum absolute atomic E-state index is 0.0602. The summed E-state index contributed by atoms with van der Waals surface area (Å²) < 4.78 is 21.3. The van der Waals surface area contributed by atoms with Crippen LogP contribution in [0.1, 0.15) is 60.8 Å². The Morgan fingerprint density at radius 3 is 2.66 bits per heavy atom. The van der Waals surface area contributed by atoms with Crippen molar-refractivity contribution in [1.82, 2.24) is 0 Å². The van der Waals surface area contributed by atoms with Crippen LogP contribution in [-0.4, -0.2) is 61.2 Å². The summed E-state index contributed by atoms with van der Waals surface area (Å²) in [4.78, 5) is 0. The number of aromatic hydroxyl groups is 1. The molecule has 4 saturated carbocycles. The number of likely N-dealkylation sites (tertiary alicyclic amines) is 1. The van der Waals surface area contributed by atoms with Crippen molar-refractivity contribution in [3.63, 3.8) is 0 Å². The lowest BCUT2D eigenvalue weighted by atomic mass is 9.34. The number of phenolic OH excluding ortho intramolecular Hbond substituents is 1. The van der Waals surface area contributed by atoms with Gasteiger partial charge in [-0.25, -0.2) is 0 Å². The van der Waals surface area contributed by atoms with E-state index in [4.69, 9.17) is 14.2 Å². The summed E-state index contributed by atoms with van der Waals surface area (Å²) in [7, 11) is 4.46. The number of ether oxygens (including phenoxy) is 3. The average Bonchev–Trinajstić information content (AvgIpc) is 3.64. The first-order chi connectivity index (χ1) is 18.4. The van der Waals surface area contributed by atoms with Crippen molar-refractivity contribution < 1.29 is 23.8 Å². The van der Waals surface area contributed by atoms with E-state index in [-0.39, 0.29) is 22.9 Å². The first-order valence-corrected chi connectivity index (χ1v) is 14.9. The fourth-order valence-electron chi connectivity index (χ4n) is 10.5. The Labute approximate surface area is 226 Å². The number of hydrogen-bond acceptors (Lipinski definition) is 4. The number of quaternary nitrogens is 1. The van der Waals surface area contributed by atoms with E-state index in [1.165, 1.54) is 59.1 Å². The second-order valence-electron chi connectivity index (χ2n) is 13.9. The molecular formula is C33H42NO4+. The molecule has 5 fully saturated rings. The molecule has 9 rings (SSSR count). The predicted octanol–water partition coefficient (Wildman–Crippen LogP) is 5.29. The molecule has 1 unspecified atom stereocenters. The number of rotatable bonds is 7. The van der Waals surface area contributed by atoms with Crippen molar-refractivity contribution in [3.05, 3.63) is 58.7 Å². The van der Waals surface area contributed by atoms with Crippen molar-refractivity contribution in [2.75, 3.05) is 33.9 Å². The van der Waals surface area contributed by atoms with Crippen molar-refractivity contribution in [2.24, 2.45) is 17.3 Å². The highest BCUT2D eigenvalue weighted by atomic mass is 16.6. The van der Waals surface area contributed by atoms with Crippen LogP contribution in [0.3, 0.4) is 0 Å². The molecule has 2 aromatic carbocycles. The fraction of sp³-hybridized carbons (Fsp3) is 0.636. The maximum Gasteiger partial charge on any atom is 0.165 e. The molecule has 2 spiro atoms. The van der Waals surface area contributed by atoms with Crippen molar-refractivity contribution >= 4 is 0 Å². The van der Waals surface area contributed by atoms with E-state index in [0.29, 0.717) is 25.0 Å². The summed E-state index contributed by atoms with van der Waals surface area (Å²) >= 11 is 0. The largest absolute Gasteiger partial charge is 0.504 e. The third kappa shape index (κ3) is 2.83. The number of phenols is 1. The molecule has 2 heterocycles. The van der Waals surface area contributed by atoms with Crippen LogP contribution in [0.2, 0.25) is 0 Å². The van der Waals surface area contributed by atoms with Crippen molar-refractivity contribution in [3.8, 4) is 11.5 Å². The summed E-state index contributed by atoms with van der Waals surface area (Å²) in [6, 6.07) is 13.3.